The molecule has 0 saturated carbocycles. The number of unbranched alkanes of at least 4 members (excludes halogenated alkanes) is 1. The first-order valence-corrected chi connectivity index (χ1v) is 7.29. The van der Waals surface area contributed by atoms with Crippen LogP contribution in [0.5, 0.6) is 0 Å². The summed E-state index contributed by atoms with van der Waals surface area (Å²) in [5, 5.41) is 8.12. The maximum atomic E-state index is 7.45. The van der Waals surface area contributed by atoms with Crippen molar-refractivity contribution in [1.82, 2.24) is 0 Å². The van der Waals surface area contributed by atoms with Gasteiger partial charge in [0.25, 0.3) is 0 Å². The lowest BCUT2D eigenvalue weighted by Gasteiger charge is -2.31. The number of hydrogen-bond acceptors (Lipinski definition) is 2. The Morgan fingerprint density at radius 2 is 2.11 bits per heavy atom. The molecule has 1 rings (SSSR count). The number of anilines is 1. The second-order valence-electron chi connectivity index (χ2n) is 4.88. The number of nitrogen functional groups attached to an aromatic ring is 1. The topological polar surface area (TPSA) is 53.1 Å². The minimum Gasteiger partial charge on any atom is -0.384 e. The molecule has 0 radical (unpaired) electrons. The molecule has 106 valence electrons. The Bertz CT molecular complexity index is 431. The molecule has 0 aliphatic carbocycles. The molecule has 3 N–H and O–H groups in total. The number of halogens is 1. The molecule has 0 aromatic heterocycles. The van der Waals surface area contributed by atoms with Crippen LogP contribution in [0, 0.1) is 5.41 Å². The molecular weight excluding hydrogens is 258 g/mol. The lowest BCUT2D eigenvalue weighted by atomic mass is 10.1. The summed E-state index contributed by atoms with van der Waals surface area (Å²) in [4.78, 5) is 2.34. The van der Waals surface area contributed by atoms with Gasteiger partial charge in [-0.1, -0.05) is 31.9 Å². The first kappa shape index (κ1) is 15.8. The van der Waals surface area contributed by atoms with Crippen LogP contribution in [0.1, 0.15) is 45.6 Å². The number of nitrogens with zero attached hydrogens (tertiary/aromatic N) is 1. The van der Waals surface area contributed by atoms with Crippen molar-refractivity contribution in [3.8, 4) is 0 Å². The van der Waals surface area contributed by atoms with Crippen LogP contribution >= 0.6 is 11.6 Å². The molecule has 0 heterocycles. The first-order chi connectivity index (χ1) is 9.01. The third kappa shape index (κ3) is 4.13. The molecular formula is C15H24ClN3. The van der Waals surface area contributed by atoms with E-state index >= 15 is 0 Å². The lowest BCUT2D eigenvalue weighted by Crippen LogP contribution is -2.33. The van der Waals surface area contributed by atoms with E-state index in [0.717, 1.165) is 31.5 Å². The lowest BCUT2D eigenvalue weighted by molar-refractivity contribution is 0.596. The van der Waals surface area contributed by atoms with Crippen molar-refractivity contribution >= 4 is 23.1 Å². The Morgan fingerprint density at radius 3 is 2.58 bits per heavy atom. The summed E-state index contributed by atoms with van der Waals surface area (Å²) in [6, 6.07) is 6.07. The third-order valence-electron chi connectivity index (χ3n) is 3.44. The molecule has 1 unspecified atom stereocenters. The van der Waals surface area contributed by atoms with Gasteiger partial charge in [-0.3, -0.25) is 5.41 Å². The van der Waals surface area contributed by atoms with Gasteiger partial charge in [0.2, 0.25) is 0 Å². The van der Waals surface area contributed by atoms with Crippen molar-refractivity contribution in [2.45, 2.75) is 46.1 Å². The molecule has 19 heavy (non-hydrogen) atoms. The summed E-state index contributed by atoms with van der Waals surface area (Å²) in [6.07, 6.45) is 3.39. The van der Waals surface area contributed by atoms with Gasteiger partial charge < -0.3 is 10.6 Å². The second-order valence-corrected chi connectivity index (χ2v) is 5.29. The fourth-order valence-corrected chi connectivity index (χ4v) is 2.32. The van der Waals surface area contributed by atoms with Crippen molar-refractivity contribution in [2.75, 3.05) is 11.4 Å². The quantitative estimate of drug-likeness (QED) is 0.586. The number of hydrogen-bond donors (Lipinski definition) is 2. The van der Waals surface area contributed by atoms with Crippen LogP contribution in [0.15, 0.2) is 18.2 Å². The highest BCUT2D eigenvalue weighted by Crippen LogP contribution is 2.29. The Labute approximate surface area is 121 Å². The molecule has 0 bridgehead atoms. The zero-order chi connectivity index (χ0) is 14.4. The van der Waals surface area contributed by atoms with Crippen LogP contribution in [0.25, 0.3) is 0 Å². The molecule has 0 aliphatic rings. The zero-order valence-electron chi connectivity index (χ0n) is 12.0. The van der Waals surface area contributed by atoms with E-state index in [0.29, 0.717) is 16.6 Å². The van der Waals surface area contributed by atoms with Crippen LogP contribution in [0.4, 0.5) is 5.69 Å². The Balaban J connectivity index is 3.04. The van der Waals surface area contributed by atoms with Crippen molar-refractivity contribution < 1.29 is 0 Å². The van der Waals surface area contributed by atoms with Crippen molar-refractivity contribution in [3.05, 3.63) is 28.8 Å². The van der Waals surface area contributed by atoms with E-state index in [1.54, 1.807) is 6.07 Å². The van der Waals surface area contributed by atoms with E-state index in [4.69, 9.17) is 22.7 Å². The van der Waals surface area contributed by atoms with Gasteiger partial charge in [0.1, 0.15) is 5.84 Å². The van der Waals surface area contributed by atoms with Gasteiger partial charge in [-0.25, -0.2) is 0 Å². The first-order valence-electron chi connectivity index (χ1n) is 6.91. The zero-order valence-corrected chi connectivity index (χ0v) is 12.8. The highest BCUT2D eigenvalue weighted by molar-refractivity contribution is 6.33. The number of nitrogens with two attached hydrogens (primary N) is 1. The summed E-state index contributed by atoms with van der Waals surface area (Å²) >= 11 is 6.35. The number of benzene rings is 1. The van der Waals surface area contributed by atoms with Crippen LogP contribution in [0.3, 0.4) is 0 Å². The summed E-state index contributed by atoms with van der Waals surface area (Å²) in [5.74, 6) is 0.0529. The minimum atomic E-state index is 0.0529. The van der Waals surface area contributed by atoms with E-state index in [-0.39, 0.29) is 5.84 Å². The van der Waals surface area contributed by atoms with E-state index in [1.807, 2.05) is 12.1 Å². The van der Waals surface area contributed by atoms with E-state index in [1.165, 1.54) is 0 Å². The van der Waals surface area contributed by atoms with E-state index in [2.05, 4.69) is 25.7 Å². The molecule has 0 fully saturated rings. The van der Waals surface area contributed by atoms with Gasteiger partial charge in [-0.2, -0.15) is 0 Å². The average Bonchev–Trinajstić information content (AvgIpc) is 2.39. The standard InChI is InChI=1S/C15H24ClN3/c1-4-6-9-19(11(3)5-2)14-8-7-12(15(17)18)10-13(14)16/h7-8,10-11H,4-6,9H2,1-3H3,(H3,17,18). The second kappa shape index (κ2) is 7.39. The van der Waals surface area contributed by atoms with E-state index < -0.39 is 0 Å². The highest BCUT2D eigenvalue weighted by Gasteiger charge is 2.16. The fraction of sp³-hybridized carbons (Fsp3) is 0.533. The summed E-state index contributed by atoms with van der Waals surface area (Å²) in [5.41, 5.74) is 7.20. The molecule has 1 aromatic carbocycles. The molecule has 0 spiro atoms. The molecule has 0 saturated heterocycles. The third-order valence-corrected chi connectivity index (χ3v) is 3.75. The van der Waals surface area contributed by atoms with Crippen molar-refractivity contribution in [3.63, 3.8) is 0 Å². The maximum Gasteiger partial charge on any atom is 0.122 e. The van der Waals surface area contributed by atoms with Gasteiger partial charge in [0, 0.05) is 18.2 Å². The van der Waals surface area contributed by atoms with Gasteiger partial charge in [-0.05, 0) is 38.0 Å². The molecule has 4 heteroatoms. The Hall–Kier alpha value is -1.22. The average molecular weight is 282 g/mol. The molecule has 1 aromatic rings. The van der Waals surface area contributed by atoms with Gasteiger partial charge >= 0.3 is 0 Å². The van der Waals surface area contributed by atoms with Crippen molar-refractivity contribution in [1.29, 1.82) is 5.41 Å². The summed E-state index contributed by atoms with van der Waals surface area (Å²) < 4.78 is 0. The van der Waals surface area contributed by atoms with Crippen LogP contribution in [0.2, 0.25) is 5.02 Å². The summed E-state index contributed by atoms with van der Waals surface area (Å²) in [7, 11) is 0. The predicted octanol–water partition coefficient (Wildman–Crippen LogP) is 4.03. The largest absolute Gasteiger partial charge is 0.384 e. The van der Waals surface area contributed by atoms with Gasteiger partial charge in [0.15, 0.2) is 0 Å². The van der Waals surface area contributed by atoms with Crippen LogP contribution in [-0.2, 0) is 0 Å². The molecule has 3 nitrogen and oxygen atoms in total. The molecule has 0 amide bonds. The SMILES string of the molecule is CCCCN(c1ccc(C(=N)N)cc1Cl)C(C)CC. The smallest absolute Gasteiger partial charge is 0.122 e. The van der Waals surface area contributed by atoms with Gasteiger partial charge in [-0.15, -0.1) is 0 Å². The molecule has 0 aliphatic heterocycles. The predicted molar refractivity (Wildman–Crippen MR) is 84.5 cm³/mol. The number of rotatable bonds is 7. The fourth-order valence-electron chi connectivity index (χ4n) is 2.03. The number of nitrogens with one attached hydrogen (secondary N) is 1. The minimum absolute atomic E-state index is 0.0529. The normalized spacial score (nSPS) is 12.2. The van der Waals surface area contributed by atoms with Crippen LogP contribution < -0.4 is 10.6 Å². The molecule has 1 atom stereocenters. The summed E-state index contributed by atoms with van der Waals surface area (Å²) in [6.45, 7) is 7.59. The van der Waals surface area contributed by atoms with Crippen molar-refractivity contribution in [2.24, 2.45) is 5.73 Å². The number of amidine groups is 1. The highest BCUT2D eigenvalue weighted by atomic mass is 35.5. The Morgan fingerprint density at radius 1 is 1.42 bits per heavy atom. The monoisotopic (exact) mass is 281 g/mol. The van der Waals surface area contributed by atoms with E-state index in [9.17, 15) is 0 Å². The maximum absolute atomic E-state index is 7.45. The Kier molecular flexibility index (Phi) is 6.16. The van der Waals surface area contributed by atoms with Crippen LogP contribution in [-0.4, -0.2) is 18.4 Å². The van der Waals surface area contributed by atoms with Gasteiger partial charge in [0.05, 0.1) is 10.7 Å².